The molecule has 2 nitrogen and oxygen atoms in total. The summed E-state index contributed by atoms with van der Waals surface area (Å²) in [6.07, 6.45) is 2.09. The lowest BCUT2D eigenvalue weighted by molar-refractivity contribution is -0.00299. The molecule has 0 heterocycles. The van der Waals surface area contributed by atoms with Gasteiger partial charge in [-0.3, -0.25) is 0 Å². The number of rotatable bonds is 8. The minimum Gasteiger partial charge on any atom is -0.384 e. The Morgan fingerprint density at radius 3 is 1.93 bits per heavy atom. The fourth-order valence-electron chi connectivity index (χ4n) is 2.45. The molecule has 0 radical (unpaired) electrons. The van der Waals surface area contributed by atoms with Crippen molar-refractivity contribution in [3.05, 3.63) is 12.2 Å². The van der Waals surface area contributed by atoms with Crippen LogP contribution in [0.2, 0.25) is 0 Å². The first-order chi connectivity index (χ1) is 6.95. The highest BCUT2D eigenvalue weighted by Gasteiger charge is 2.31. The minimum atomic E-state index is 0.101. The van der Waals surface area contributed by atoms with Crippen LogP contribution < -0.4 is 0 Å². The zero-order valence-corrected chi connectivity index (χ0v) is 10.9. The fraction of sp³-hybridized carbons (Fsp3) is 0.846. The van der Waals surface area contributed by atoms with Crippen LogP contribution in [0.1, 0.15) is 33.6 Å². The summed E-state index contributed by atoms with van der Waals surface area (Å²) in [5.41, 5.74) is 1.30. The molecule has 0 aliphatic carbocycles. The van der Waals surface area contributed by atoms with Crippen LogP contribution >= 0.6 is 0 Å². The molecule has 0 spiro atoms. The first-order valence-electron chi connectivity index (χ1n) is 5.58. The van der Waals surface area contributed by atoms with Gasteiger partial charge in [0.2, 0.25) is 0 Å². The minimum absolute atomic E-state index is 0.101. The first-order valence-corrected chi connectivity index (χ1v) is 5.58. The van der Waals surface area contributed by atoms with Crippen LogP contribution in [0, 0.1) is 11.3 Å². The normalized spacial score (nSPS) is 12.1. The van der Waals surface area contributed by atoms with E-state index >= 15 is 0 Å². The summed E-state index contributed by atoms with van der Waals surface area (Å²) in [6.45, 7) is 12.0. The molecule has 2 heteroatoms. The SMILES string of the molecule is C=C(C)CC(COC)(COC)CC(C)C. The molecule has 0 unspecified atom stereocenters. The van der Waals surface area contributed by atoms with Gasteiger partial charge in [-0.1, -0.05) is 19.4 Å². The molecule has 0 atom stereocenters. The third-order valence-electron chi connectivity index (χ3n) is 2.42. The highest BCUT2D eigenvalue weighted by atomic mass is 16.5. The van der Waals surface area contributed by atoms with Crippen LogP contribution in [0.5, 0.6) is 0 Å². The molecule has 0 saturated heterocycles. The predicted octanol–water partition coefficient (Wildman–Crippen LogP) is 3.28. The van der Waals surface area contributed by atoms with Gasteiger partial charge in [-0.2, -0.15) is 0 Å². The van der Waals surface area contributed by atoms with E-state index in [4.69, 9.17) is 9.47 Å². The van der Waals surface area contributed by atoms with Crippen molar-refractivity contribution in [2.24, 2.45) is 11.3 Å². The van der Waals surface area contributed by atoms with Gasteiger partial charge < -0.3 is 9.47 Å². The standard InChI is InChI=1S/C13H26O2/c1-11(2)7-13(9-14-5,10-15-6)8-12(3)4/h12H,1,7-10H2,2-6H3. The summed E-state index contributed by atoms with van der Waals surface area (Å²) in [5.74, 6) is 0.648. The molecule has 0 saturated carbocycles. The maximum absolute atomic E-state index is 5.34. The van der Waals surface area contributed by atoms with Crippen molar-refractivity contribution in [1.29, 1.82) is 0 Å². The molecule has 0 fully saturated rings. The Kier molecular flexibility index (Phi) is 6.86. The summed E-state index contributed by atoms with van der Waals surface area (Å²) in [5, 5.41) is 0. The van der Waals surface area contributed by atoms with Gasteiger partial charge >= 0.3 is 0 Å². The fourth-order valence-corrected chi connectivity index (χ4v) is 2.45. The molecule has 90 valence electrons. The van der Waals surface area contributed by atoms with E-state index in [1.165, 1.54) is 5.57 Å². The van der Waals surface area contributed by atoms with E-state index < -0.39 is 0 Å². The van der Waals surface area contributed by atoms with Gasteiger partial charge in [-0.25, -0.2) is 0 Å². The van der Waals surface area contributed by atoms with Crippen molar-refractivity contribution in [2.45, 2.75) is 33.6 Å². The molecule has 0 aromatic heterocycles. The number of hydrogen-bond donors (Lipinski definition) is 0. The van der Waals surface area contributed by atoms with Gasteiger partial charge in [0.05, 0.1) is 13.2 Å². The first kappa shape index (κ1) is 14.7. The van der Waals surface area contributed by atoms with Crippen LogP contribution in [-0.2, 0) is 9.47 Å². The van der Waals surface area contributed by atoms with Crippen molar-refractivity contribution in [3.8, 4) is 0 Å². The molecule has 0 N–H and O–H groups in total. The lowest BCUT2D eigenvalue weighted by atomic mass is 9.77. The second kappa shape index (κ2) is 7.02. The van der Waals surface area contributed by atoms with Crippen LogP contribution in [0.15, 0.2) is 12.2 Å². The molecular formula is C13H26O2. The summed E-state index contributed by atoms with van der Waals surface area (Å²) < 4.78 is 10.7. The van der Waals surface area contributed by atoms with E-state index in [0.717, 1.165) is 26.1 Å². The molecule has 0 aliphatic rings. The number of ether oxygens (including phenoxy) is 2. The smallest absolute Gasteiger partial charge is 0.0543 e. The van der Waals surface area contributed by atoms with E-state index in [-0.39, 0.29) is 5.41 Å². The highest BCUT2D eigenvalue weighted by Crippen LogP contribution is 2.33. The van der Waals surface area contributed by atoms with Crippen LogP contribution in [0.25, 0.3) is 0 Å². The zero-order valence-electron chi connectivity index (χ0n) is 10.9. The monoisotopic (exact) mass is 214 g/mol. The zero-order chi connectivity index (χ0) is 11.9. The summed E-state index contributed by atoms with van der Waals surface area (Å²) >= 11 is 0. The Bertz CT molecular complexity index is 179. The number of allylic oxidation sites excluding steroid dienone is 1. The Morgan fingerprint density at radius 1 is 1.20 bits per heavy atom. The second-order valence-electron chi connectivity index (χ2n) is 5.10. The van der Waals surface area contributed by atoms with E-state index in [0.29, 0.717) is 5.92 Å². The molecule has 0 aromatic carbocycles. The molecule has 15 heavy (non-hydrogen) atoms. The second-order valence-corrected chi connectivity index (χ2v) is 5.10. The quantitative estimate of drug-likeness (QED) is 0.577. The van der Waals surface area contributed by atoms with Crippen molar-refractivity contribution < 1.29 is 9.47 Å². The van der Waals surface area contributed by atoms with Crippen molar-refractivity contribution in [2.75, 3.05) is 27.4 Å². The number of hydrogen-bond acceptors (Lipinski definition) is 2. The molecule has 0 aliphatic heterocycles. The molecule has 0 rings (SSSR count). The van der Waals surface area contributed by atoms with Crippen molar-refractivity contribution >= 4 is 0 Å². The Balaban J connectivity index is 4.62. The largest absolute Gasteiger partial charge is 0.384 e. The third-order valence-corrected chi connectivity index (χ3v) is 2.42. The average Bonchev–Trinajstić information content (AvgIpc) is 2.01. The summed E-state index contributed by atoms with van der Waals surface area (Å²) in [4.78, 5) is 0. The average molecular weight is 214 g/mol. The van der Waals surface area contributed by atoms with E-state index in [2.05, 4.69) is 27.4 Å². The maximum Gasteiger partial charge on any atom is 0.0543 e. The van der Waals surface area contributed by atoms with Crippen LogP contribution in [-0.4, -0.2) is 27.4 Å². The van der Waals surface area contributed by atoms with E-state index in [9.17, 15) is 0 Å². The summed E-state index contributed by atoms with van der Waals surface area (Å²) in [6, 6.07) is 0. The molecule has 0 amide bonds. The Hall–Kier alpha value is -0.340. The van der Waals surface area contributed by atoms with Crippen LogP contribution in [0.3, 0.4) is 0 Å². The molecule has 0 aromatic rings. The van der Waals surface area contributed by atoms with Gasteiger partial charge in [-0.15, -0.1) is 6.58 Å². The van der Waals surface area contributed by atoms with Gasteiger partial charge in [0, 0.05) is 19.6 Å². The maximum atomic E-state index is 5.34. The summed E-state index contributed by atoms with van der Waals surface area (Å²) in [7, 11) is 3.51. The Labute approximate surface area is 94.7 Å². The third kappa shape index (κ3) is 5.95. The van der Waals surface area contributed by atoms with E-state index in [1.807, 2.05) is 0 Å². The molecule has 0 bridgehead atoms. The van der Waals surface area contributed by atoms with E-state index in [1.54, 1.807) is 14.2 Å². The van der Waals surface area contributed by atoms with Gasteiger partial charge in [-0.05, 0) is 25.7 Å². The van der Waals surface area contributed by atoms with Gasteiger partial charge in [0.1, 0.15) is 0 Å². The molecular weight excluding hydrogens is 188 g/mol. The lowest BCUT2D eigenvalue weighted by Crippen LogP contribution is -2.33. The topological polar surface area (TPSA) is 18.5 Å². The van der Waals surface area contributed by atoms with Gasteiger partial charge in [0.15, 0.2) is 0 Å². The van der Waals surface area contributed by atoms with Crippen molar-refractivity contribution in [1.82, 2.24) is 0 Å². The van der Waals surface area contributed by atoms with Crippen LogP contribution in [0.4, 0.5) is 0 Å². The lowest BCUT2D eigenvalue weighted by Gasteiger charge is -2.34. The van der Waals surface area contributed by atoms with Crippen molar-refractivity contribution in [3.63, 3.8) is 0 Å². The van der Waals surface area contributed by atoms with Gasteiger partial charge in [0.25, 0.3) is 0 Å². The Morgan fingerprint density at radius 2 is 1.67 bits per heavy atom. The predicted molar refractivity (Wildman–Crippen MR) is 65.1 cm³/mol. The number of methoxy groups -OCH3 is 2. The highest BCUT2D eigenvalue weighted by molar-refractivity contribution is 4.97.